The average molecular weight is 341 g/mol. The third-order valence-corrected chi connectivity index (χ3v) is 4.88. The number of carbonyl (C=O) groups is 2. The predicted molar refractivity (Wildman–Crippen MR) is 94.9 cm³/mol. The van der Waals surface area contributed by atoms with E-state index in [-0.39, 0.29) is 18.6 Å². The molecule has 1 amide bonds. The second-order valence-electron chi connectivity index (χ2n) is 6.57. The van der Waals surface area contributed by atoms with Crippen LogP contribution in [0.5, 0.6) is 0 Å². The second kappa shape index (κ2) is 6.75. The number of rotatable bonds is 3. The summed E-state index contributed by atoms with van der Waals surface area (Å²) in [6.07, 6.45) is 1.85. The van der Waals surface area contributed by atoms with Crippen molar-refractivity contribution >= 4 is 17.6 Å². The molecule has 1 aromatic carbocycles. The van der Waals surface area contributed by atoms with Gasteiger partial charge in [-0.15, -0.1) is 0 Å². The first-order valence-corrected chi connectivity index (χ1v) is 8.53. The Morgan fingerprint density at radius 1 is 1.20 bits per heavy atom. The fraction of sp³-hybridized carbons (Fsp3) is 0.400. The van der Waals surface area contributed by atoms with E-state index in [1.807, 2.05) is 38.1 Å². The Morgan fingerprint density at radius 3 is 2.60 bits per heavy atom. The van der Waals surface area contributed by atoms with Gasteiger partial charge in [0.15, 0.2) is 6.61 Å². The molecule has 3 rings (SSSR count). The number of esters is 1. The number of furan rings is 1. The van der Waals surface area contributed by atoms with Crippen molar-refractivity contribution in [2.75, 3.05) is 11.5 Å². The average Bonchev–Trinajstić information content (AvgIpc) is 2.84. The standard InChI is InChI=1S/C20H23NO4/c1-12-9-10-16-7-5-6-8-17(16)21(12)18(22)11-24-20(23)19-13(2)14(3)25-15(19)4/h5-8,12H,9-11H2,1-4H3. The second-order valence-corrected chi connectivity index (χ2v) is 6.57. The topological polar surface area (TPSA) is 59.8 Å². The molecule has 0 aliphatic carbocycles. The number of benzene rings is 1. The Morgan fingerprint density at radius 2 is 1.92 bits per heavy atom. The van der Waals surface area contributed by atoms with Crippen LogP contribution in [0.25, 0.3) is 0 Å². The van der Waals surface area contributed by atoms with E-state index >= 15 is 0 Å². The molecule has 2 aromatic rings. The highest BCUT2D eigenvalue weighted by molar-refractivity contribution is 5.99. The lowest BCUT2D eigenvalue weighted by molar-refractivity contribution is -0.122. The van der Waals surface area contributed by atoms with Crippen molar-refractivity contribution in [2.45, 2.75) is 46.6 Å². The van der Waals surface area contributed by atoms with E-state index in [0.717, 1.165) is 29.7 Å². The minimum atomic E-state index is -0.516. The summed E-state index contributed by atoms with van der Waals surface area (Å²) in [6.45, 7) is 7.08. The van der Waals surface area contributed by atoms with Gasteiger partial charge in [0.2, 0.25) is 0 Å². The molecule has 2 heterocycles. The first kappa shape index (κ1) is 17.3. The Bertz CT molecular complexity index is 821. The van der Waals surface area contributed by atoms with Gasteiger partial charge in [-0.2, -0.15) is 0 Å². The van der Waals surface area contributed by atoms with Crippen molar-refractivity contribution in [3.63, 3.8) is 0 Å². The van der Waals surface area contributed by atoms with E-state index in [2.05, 4.69) is 0 Å². The van der Waals surface area contributed by atoms with Crippen molar-refractivity contribution in [2.24, 2.45) is 0 Å². The number of ether oxygens (including phenoxy) is 1. The molecule has 0 saturated heterocycles. The SMILES string of the molecule is Cc1oc(C)c(C(=O)OCC(=O)N2c3ccccc3CCC2C)c1C. The summed E-state index contributed by atoms with van der Waals surface area (Å²) in [5.74, 6) is 0.486. The first-order valence-electron chi connectivity index (χ1n) is 8.53. The molecular weight excluding hydrogens is 318 g/mol. The molecule has 0 fully saturated rings. The molecule has 25 heavy (non-hydrogen) atoms. The summed E-state index contributed by atoms with van der Waals surface area (Å²) in [4.78, 5) is 26.8. The number of hydrogen-bond donors (Lipinski definition) is 0. The molecule has 5 heteroatoms. The lowest BCUT2D eigenvalue weighted by Crippen LogP contribution is -2.44. The van der Waals surface area contributed by atoms with Gasteiger partial charge < -0.3 is 14.1 Å². The molecule has 0 bridgehead atoms. The van der Waals surface area contributed by atoms with Crippen molar-refractivity contribution in [1.82, 2.24) is 0 Å². The minimum Gasteiger partial charge on any atom is -0.465 e. The zero-order valence-corrected chi connectivity index (χ0v) is 15.1. The molecule has 1 aliphatic rings. The molecule has 0 radical (unpaired) electrons. The molecule has 1 aromatic heterocycles. The molecule has 1 aliphatic heterocycles. The van der Waals surface area contributed by atoms with E-state index in [0.29, 0.717) is 17.1 Å². The van der Waals surface area contributed by atoms with Crippen LogP contribution in [-0.2, 0) is 16.0 Å². The van der Waals surface area contributed by atoms with Crippen molar-refractivity contribution in [1.29, 1.82) is 0 Å². The van der Waals surface area contributed by atoms with Crippen LogP contribution in [-0.4, -0.2) is 24.5 Å². The number of para-hydroxylation sites is 1. The molecule has 0 spiro atoms. The summed E-state index contributed by atoms with van der Waals surface area (Å²) in [7, 11) is 0. The molecule has 1 atom stereocenters. The fourth-order valence-electron chi connectivity index (χ4n) is 3.43. The fourth-order valence-corrected chi connectivity index (χ4v) is 3.43. The summed E-state index contributed by atoms with van der Waals surface area (Å²) in [5.41, 5.74) is 3.23. The lowest BCUT2D eigenvalue weighted by Gasteiger charge is -2.35. The molecule has 5 nitrogen and oxygen atoms in total. The lowest BCUT2D eigenvalue weighted by atomic mass is 9.96. The first-order chi connectivity index (χ1) is 11.9. The van der Waals surface area contributed by atoms with Crippen LogP contribution in [0.2, 0.25) is 0 Å². The smallest absolute Gasteiger partial charge is 0.342 e. The van der Waals surface area contributed by atoms with Crippen LogP contribution in [0.15, 0.2) is 28.7 Å². The summed E-state index contributed by atoms with van der Waals surface area (Å²) in [6, 6.07) is 7.96. The number of nitrogens with zero attached hydrogens (tertiary/aromatic N) is 1. The van der Waals surface area contributed by atoms with Crippen LogP contribution < -0.4 is 4.90 Å². The quantitative estimate of drug-likeness (QED) is 0.798. The maximum Gasteiger partial charge on any atom is 0.342 e. The van der Waals surface area contributed by atoms with Gasteiger partial charge in [-0.25, -0.2) is 4.79 Å². The maximum atomic E-state index is 12.7. The number of aryl methyl sites for hydroxylation is 3. The van der Waals surface area contributed by atoms with Gasteiger partial charge in [0.05, 0.1) is 0 Å². The van der Waals surface area contributed by atoms with Gasteiger partial charge in [0.1, 0.15) is 17.1 Å². The largest absolute Gasteiger partial charge is 0.465 e. The van der Waals surface area contributed by atoms with Gasteiger partial charge in [0.25, 0.3) is 5.91 Å². The normalized spacial score (nSPS) is 16.5. The van der Waals surface area contributed by atoms with Gasteiger partial charge in [-0.05, 0) is 52.2 Å². The number of hydrogen-bond acceptors (Lipinski definition) is 4. The number of anilines is 1. The van der Waals surface area contributed by atoms with Crippen LogP contribution in [0.3, 0.4) is 0 Å². The zero-order valence-electron chi connectivity index (χ0n) is 15.1. The highest BCUT2D eigenvalue weighted by atomic mass is 16.5. The molecule has 1 unspecified atom stereocenters. The third-order valence-electron chi connectivity index (χ3n) is 4.88. The van der Waals surface area contributed by atoms with Gasteiger partial charge >= 0.3 is 5.97 Å². The van der Waals surface area contributed by atoms with Crippen LogP contribution in [0.1, 0.15) is 46.3 Å². The predicted octanol–water partition coefficient (Wildman–Crippen LogP) is 3.73. The zero-order chi connectivity index (χ0) is 18.1. The molecule has 0 saturated carbocycles. The molecule has 132 valence electrons. The van der Waals surface area contributed by atoms with E-state index in [1.54, 1.807) is 18.7 Å². The molecular formula is C20H23NO4. The maximum absolute atomic E-state index is 12.7. The Balaban J connectivity index is 1.74. The highest BCUT2D eigenvalue weighted by Crippen LogP contribution is 2.30. The number of fused-ring (bicyclic) bond motifs is 1. The third kappa shape index (κ3) is 3.18. The molecule has 0 N–H and O–H groups in total. The van der Waals surface area contributed by atoms with Crippen LogP contribution in [0, 0.1) is 20.8 Å². The monoisotopic (exact) mass is 341 g/mol. The van der Waals surface area contributed by atoms with E-state index in [4.69, 9.17) is 9.15 Å². The van der Waals surface area contributed by atoms with Crippen molar-refractivity contribution in [3.05, 3.63) is 52.5 Å². The Kier molecular flexibility index (Phi) is 4.66. The van der Waals surface area contributed by atoms with Gasteiger partial charge in [-0.1, -0.05) is 18.2 Å². The van der Waals surface area contributed by atoms with Gasteiger partial charge in [-0.3, -0.25) is 4.79 Å². The Hall–Kier alpha value is -2.56. The summed E-state index contributed by atoms with van der Waals surface area (Å²) >= 11 is 0. The van der Waals surface area contributed by atoms with E-state index in [1.165, 1.54) is 0 Å². The van der Waals surface area contributed by atoms with E-state index < -0.39 is 5.97 Å². The van der Waals surface area contributed by atoms with Crippen molar-refractivity contribution in [3.8, 4) is 0 Å². The van der Waals surface area contributed by atoms with Crippen LogP contribution in [0.4, 0.5) is 5.69 Å². The summed E-state index contributed by atoms with van der Waals surface area (Å²) < 4.78 is 10.7. The summed E-state index contributed by atoms with van der Waals surface area (Å²) in [5, 5.41) is 0. The van der Waals surface area contributed by atoms with Crippen LogP contribution >= 0.6 is 0 Å². The number of carbonyl (C=O) groups excluding carboxylic acids is 2. The van der Waals surface area contributed by atoms with Gasteiger partial charge in [0, 0.05) is 17.3 Å². The van der Waals surface area contributed by atoms with Crippen molar-refractivity contribution < 1.29 is 18.7 Å². The van der Waals surface area contributed by atoms with E-state index in [9.17, 15) is 9.59 Å². The minimum absolute atomic E-state index is 0.0840. The number of amides is 1. The Labute approximate surface area is 147 Å². The highest BCUT2D eigenvalue weighted by Gasteiger charge is 2.29.